The number of hydrogen-bond acceptors (Lipinski definition) is 5. The minimum absolute atomic E-state index is 0.0832. The summed E-state index contributed by atoms with van der Waals surface area (Å²) in [6, 6.07) is 26.0. The van der Waals surface area contributed by atoms with Crippen LogP contribution < -0.4 is 19.7 Å². The monoisotopic (exact) mass is 561 g/mol. The molecule has 4 aromatic rings. The van der Waals surface area contributed by atoms with Gasteiger partial charge in [-0.15, -0.1) is 0 Å². The number of hydrogen-bond donors (Lipinski definition) is 2. The van der Waals surface area contributed by atoms with Crippen molar-refractivity contribution in [2.45, 2.75) is 17.9 Å². The molecule has 8 nitrogen and oxygen atoms in total. The topological polar surface area (TPSA) is 105 Å². The molecule has 0 radical (unpaired) electrons. The lowest BCUT2D eigenvalue weighted by molar-refractivity contribution is -0.114. The number of carbonyl (C=O) groups is 2. The highest BCUT2D eigenvalue weighted by Crippen LogP contribution is 2.26. The van der Waals surface area contributed by atoms with Gasteiger partial charge in [-0.1, -0.05) is 42.5 Å². The summed E-state index contributed by atoms with van der Waals surface area (Å²) < 4.78 is 46.8. The van der Waals surface area contributed by atoms with Crippen molar-refractivity contribution >= 4 is 33.2 Å². The van der Waals surface area contributed by atoms with Gasteiger partial charge < -0.3 is 15.4 Å². The minimum Gasteiger partial charge on any atom is -0.497 e. The molecule has 0 heterocycles. The second kappa shape index (κ2) is 12.4. The molecule has 0 spiro atoms. The zero-order valence-corrected chi connectivity index (χ0v) is 22.7. The molecule has 0 aliphatic carbocycles. The molecule has 4 aromatic carbocycles. The van der Waals surface area contributed by atoms with Crippen LogP contribution in [0.25, 0.3) is 0 Å². The SMILES string of the molecule is COc1ccc(S(=O)(=O)N(CC(=O)Nc2ccccc2C(=O)N[C@@H](C)c2ccccc2)c2ccc(F)cc2)cc1. The molecule has 0 bridgehead atoms. The summed E-state index contributed by atoms with van der Waals surface area (Å²) in [5.41, 5.74) is 1.43. The maximum atomic E-state index is 13.6. The first-order chi connectivity index (χ1) is 19.2. The second-order valence-electron chi connectivity index (χ2n) is 8.86. The van der Waals surface area contributed by atoms with E-state index in [0.29, 0.717) is 5.75 Å². The number of carbonyl (C=O) groups excluding carboxylic acids is 2. The summed E-state index contributed by atoms with van der Waals surface area (Å²) in [5, 5.41) is 5.57. The summed E-state index contributed by atoms with van der Waals surface area (Å²) in [6.45, 7) is 1.22. The normalized spacial score (nSPS) is 11.8. The number of halogens is 1. The summed E-state index contributed by atoms with van der Waals surface area (Å²) in [6.07, 6.45) is 0. The van der Waals surface area contributed by atoms with E-state index >= 15 is 0 Å². The molecule has 0 unspecified atom stereocenters. The van der Waals surface area contributed by atoms with Crippen molar-refractivity contribution in [3.63, 3.8) is 0 Å². The van der Waals surface area contributed by atoms with Gasteiger partial charge in [-0.3, -0.25) is 13.9 Å². The van der Waals surface area contributed by atoms with Gasteiger partial charge in [0.15, 0.2) is 0 Å². The van der Waals surface area contributed by atoms with Crippen LogP contribution in [0.1, 0.15) is 28.9 Å². The smallest absolute Gasteiger partial charge is 0.264 e. The molecule has 0 fully saturated rings. The van der Waals surface area contributed by atoms with E-state index in [1.54, 1.807) is 24.3 Å². The molecular formula is C30H28FN3O5S. The Morgan fingerprint density at radius 3 is 2.15 bits per heavy atom. The number of nitrogens with one attached hydrogen (secondary N) is 2. The van der Waals surface area contributed by atoms with Crippen LogP contribution in [0.2, 0.25) is 0 Å². The number of sulfonamides is 1. The van der Waals surface area contributed by atoms with E-state index in [9.17, 15) is 22.4 Å². The van der Waals surface area contributed by atoms with Crippen LogP contribution in [-0.2, 0) is 14.8 Å². The molecule has 0 saturated heterocycles. The third kappa shape index (κ3) is 6.65. The number of rotatable bonds is 10. The van der Waals surface area contributed by atoms with Gasteiger partial charge in [-0.05, 0) is 73.2 Å². The Hall–Kier alpha value is -4.70. The number of amides is 2. The van der Waals surface area contributed by atoms with E-state index < -0.39 is 34.2 Å². The Kier molecular flexibility index (Phi) is 8.80. The van der Waals surface area contributed by atoms with Gasteiger partial charge in [-0.2, -0.15) is 0 Å². The molecule has 0 aliphatic heterocycles. The molecule has 10 heteroatoms. The number of para-hydroxylation sites is 1. The highest BCUT2D eigenvalue weighted by atomic mass is 32.2. The van der Waals surface area contributed by atoms with Crippen molar-refractivity contribution in [2.75, 3.05) is 23.3 Å². The standard InChI is InChI=1S/C30H28FN3O5S/c1-21(22-8-4-3-5-9-22)32-30(36)27-10-6-7-11-28(27)33-29(35)20-34(24-14-12-23(31)13-15-24)40(37,38)26-18-16-25(39-2)17-19-26/h3-19,21H,20H2,1-2H3,(H,32,36)(H,33,35)/t21-/m0/s1. The van der Waals surface area contributed by atoms with Gasteiger partial charge in [-0.25, -0.2) is 12.8 Å². The molecule has 40 heavy (non-hydrogen) atoms. The van der Waals surface area contributed by atoms with Crippen LogP contribution in [-0.4, -0.2) is 33.9 Å². The molecule has 0 aliphatic rings. The van der Waals surface area contributed by atoms with Crippen molar-refractivity contribution in [3.05, 3.63) is 120 Å². The van der Waals surface area contributed by atoms with Gasteiger partial charge in [0.25, 0.3) is 15.9 Å². The van der Waals surface area contributed by atoms with Crippen LogP contribution in [0.5, 0.6) is 5.75 Å². The largest absolute Gasteiger partial charge is 0.497 e. The Morgan fingerprint density at radius 2 is 1.50 bits per heavy atom. The average Bonchev–Trinajstić information content (AvgIpc) is 2.97. The van der Waals surface area contributed by atoms with Crippen molar-refractivity contribution in [2.24, 2.45) is 0 Å². The van der Waals surface area contributed by atoms with Crippen LogP contribution in [0, 0.1) is 5.82 Å². The van der Waals surface area contributed by atoms with Gasteiger partial charge in [0.1, 0.15) is 18.1 Å². The predicted molar refractivity (Wildman–Crippen MR) is 151 cm³/mol. The second-order valence-corrected chi connectivity index (χ2v) is 10.7. The molecule has 0 saturated carbocycles. The Labute approximate surface area is 232 Å². The van der Waals surface area contributed by atoms with Crippen LogP contribution in [0.15, 0.2) is 108 Å². The van der Waals surface area contributed by atoms with Crippen LogP contribution in [0.4, 0.5) is 15.8 Å². The van der Waals surface area contributed by atoms with Gasteiger partial charge in [0.2, 0.25) is 5.91 Å². The van der Waals surface area contributed by atoms with Gasteiger partial charge >= 0.3 is 0 Å². The van der Waals surface area contributed by atoms with E-state index in [1.165, 1.54) is 43.5 Å². The van der Waals surface area contributed by atoms with Gasteiger partial charge in [0, 0.05) is 0 Å². The van der Waals surface area contributed by atoms with Gasteiger partial charge in [0.05, 0.1) is 35.0 Å². The summed E-state index contributed by atoms with van der Waals surface area (Å²) in [7, 11) is -2.78. The first kappa shape index (κ1) is 28.3. The number of benzene rings is 4. The zero-order valence-electron chi connectivity index (χ0n) is 21.9. The fourth-order valence-corrected chi connectivity index (χ4v) is 5.43. The molecule has 2 N–H and O–H groups in total. The first-order valence-corrected chi connectivity index (χ1v) is 13.8. The molecule has 1 atom stereocenters. The lowest BCUT2D eigenvalue weighted by Crippen LogP contribution is -2.38. The summed E-state index contributed by atoms with van der Waals surface area (Å²) in [5.74, 6) is -1.20. The molecule has 4 rings (SSSR count). The quantitative estimate of drug-likeness (QED) is 0.278. The van der Waals surface area contributed by atoms with Crippen LogP contribution >= 0.6 is 0 Å². The van der Waals surface area contributed by atoms with Crippen LogP contribution in [0.3, 0.4) is 0 Å². The Morgan fingerprint density at radius 1 is 0.875 bits per heavy atom. The molecule has 206 valence electrons. The van der Waals surface area contributed by atoms with E-state index in [1.807, 2.05) is 37.3 Å². The lowest BCUT2D eigenvalue weighted by Gasteiger charge is -2.24. The maximum absolute atomic E-state index is 13.6. The third-order valence-corrected chi connectivity index (χ3v) is 7.93. The number of methoxy groups -OCH3 is 1. The highest BCUT2D eigenvalue weighted by molar-refractivity contribution is 7.92. The molecule has 0 aromatic heterocycles. The third-order valence-electron chi connectivity index (χ3n) is 6.14. The zero-order chi connectivity index (χ0) is 28.7. The first-order valence-electron chi connectivity index (χ1n) is 12.4. The van der Waals surface area contributed by atoms with E-state index in [2.05, 4.69) is 10.6 Å². The highest BCUT2D eigenvalue weighted by Gasteiger charge is 2.28. The fourth-order valence-electron chi connectivity index (χ4n) is 4.01. The molecule has 2 amide bonds. The fraction of sp³-hybridized carbons (Fsp3) is 0.133. The summed E-state index contributed by atoms with van der Waals surface area (Å²) in [4.78, 5) is 26.2. The number of ether oxygens (including phenoxy) is 1. The maximum Gasteiger partial charge on any atom is 0.264 e. The van der Waals surface area contributed by atoms with E-state index in [-0.39, 0.29) is 27.9 Å². The lowest BCUT2D eigenvalue weighted by atomic mass is 10.1. The van der Waals surface area contributed by atoms with Crippen molar-refractivity contribution in [1.29, 1.82) is 0 Å². The van der Waals surface area contributed by atoms with E-state index in [0.717, 1.165) is 22.0 Å². The summed E-state index contributed by atoms with van der Waals surface area (Å²) >= 11 is 0. The average molecular weight is 562 g/mol. The minimum atomic E-state index is -4.24. The van der Waals surface area contributed by atoms with Crippen molar-refractivity contribution in [3.8, 4) is 5.75 Å². The van der Waals surface area contributed by atoms with Crippen molar-refractivity contribution < 1.29 is 27.1 Å². The van der Waals surface area contributed by atoms with Crippen molar-refractivity contribution in [1.82, 2.24) is 5.32 Å². The molecular weight excluding hydrogens is 533 g/mol. The number of anilines is 2. The number of nitrogens with zero attached hydrogens (tertiary/aromatic N) is 1. The Bertz CT molecular complexity index is 1580. The van der Waals surface area contributed by atoms with E-state index in [4.69, 9.17) is 4.74 Å². The Balaban J connectivity index is 1.58. The predicted octanol–water partition coefficient (Wildman–Crippen LogP) is 5.16.